The Morgan fingerprint density at radius 1 is 1.46 bits per heavy atom. The molecule has 0 bridgehead atoms. The minimum Gasteiger partial charge on any atom is -0.384 e. The zero-order valence-electron chi connectivity index (χ0n) is 9.11. The molecule has 0 radical (unpaired) electrons. The molecule has 0 aliphatic carbocycles. The van der Waals surface area contributed by atoms with Crippen LogP contribution in [0.15, 0.2) is 11.3 Å². The summed E-state index contributed by atoms with van der Waals surface area (Å²) in [5, 5.41) is 7.01. The Hall–Kier alpha value is -0.500. The lowest BCUT2D eigenvalue weighted by Gasteiger charge is -2.17. The van der Waals surface area contributed by atoms with E-state index in [-0.39, 0.29) is 0 Å². The molecule has 1 fully saturated rings. The average Bonchev–Trinajstić information content (AvgIpc) is 2.56. The highest BCUT2D eigenvalue weighted by molar-refractivity contribution is 5.09. The van der Waals surface area contributed by atoms with Gasteiger partial charge in [0.1, 0.15) is 0 Å². The van der Waals surface area contributed by atoms with E-state index in [1.807, 2.05) is 0 Å². The lowest BCUT2D eigenvalue weighted by Crippen LogP contribution is -2.30. The Morgan fingerprint density at radius 2 is 2.23 bits per heavy atom. The van der Waals surface area contributed by atoms with Crippen LogP contribution in [0.25, 0.3) is 0 Å². The van der Waals surface area contributed by atoms with E-state index >= 15 is 0 Å². The van der Waals surface area contributed by atoms with Crippen LogP contribution >= 0.6 is 0 Å². The number of nitrogens with one attached hydrogen (secondary N) is 2. The van der Waals surface area contributed by atoms with Crippen molar-refractivity contribution in [1.29, 1.82) is 0 Å². The van der Waals surface area contributed by atoms with Crippen LogP contribution in [0.3, 0.4) is 0 Å². The first-order valence-corrected chi connectivity index (χ1v) is 5.37. The zero-order chi connectivity index (χ0) is 9.68. The molecule has 0 amide bonds. The molecule has 2 heteroatoms. The molecule has 2 N–H and O–H groups in total. The largest absolute Gasteiger partial charge is 0.384 e. The van der Waals surface area contributed by atoms with Crippen molar-refractivity contribution in [2.24, 2.45) is 0 Å². The van der Waals surface area contributed by atoms with Gasteiger partial charge in [0, 0.05) is 18.3 Å². The summed E-state index contributed by atoms with van der Waals surface area (Å²) in [6.07, 6.45) is 3.69. The van der Waals surface area contributed by atoms with E-state index in [0.29, 0.717) is 6.04 Å². The molecule has 1 atom stereocenters. The van der Waals surface area contributed by atoms with Gasteiger partial charge in [-0.1, -0.05) is 18.9 Å². The highest BCUT2D eigenvalue weighted by Gasteiger charge is 2.14. The van der Waals surface area contributed by atoms with Crippen molar-refractivity contribution in [3.8, 4) is 0 Å². The molecule has 2 nitrogen and oxygen atoms in total. The van der Waals surface area contributed by atoms with Gasteiger partial charge in [-0.05, 0) is 33.2 Å². The van der Waals surface area contributed by atoms with Gasteiger partial charge in [-0.3, -0.25) is 0 Å². The molecule has 1 unspecified atom stereocenters. The number of hydrogen-bond acceptors (Lipinski definition) is 2. The van der Waals surface area contributed by atoms with Gasteiger partial charge in [0.05, 0.1) is 0 Å². The van der Waals surface area contributed by atoms with Crippen LogP contribution in [0.1, 0.15) is 40.0 Å². The van der Waals surface area contributed by atoms with Gasteiger partial charge >= 0.3 is 0 Å². The smallest absolute Gasteiger partial charge is 0.0395 e. The molecular formula is C11H22N2. The molecule has 0 saturated carbocycles. The van der Waals surface area contributed by atoms with Gasteiger partial charge < -0.3 is 10.6 Å². The third-order valence-corrected chi connectivity index (χ3v) is 2.54. The molecule has 1 saturated heterocycles. The highest BCUT2D eigenvalue weighted by Crippen LogP contribution is 2.10. The second kappa shape index (κ2) is 5.28. The molecule has 1 aliphatic rings. The average molecular weight is 182 g/mol. The third-order valence-electron chi connectivity index (χ3n) is 2.54. The Kier molecular flexibility index (Phi) is 4.29. The van der Waals surface area contributed by atoms with E-state index in [9.17, 15) is 0 Å². The van der Waals surface area contributed by atoms with Crippen molar-refractivity contribution in [2.45, 2.75) is 46.1 Å². The minimum atomic E-state index is 0.663. The zero-order valence-corrected chi connectivity index (χ0v) is 9.11. The van der Waals surface area contributed by atoms with Crippen LogP contribution in [0.4, 0.5) is 0 Å². The Morgan fingerprint density at radius 3 is 2.69 bits per heavy atom. The molecule has 0 aromatic carbocycles. The van der Waals surface area contributed by atoms with E-state index < -0.39 is 0 Å². The van der Waals surface area contributed by atoms with Crippen LogP contribution in [0.2, 0.25) is 0 Å². The maximum Gasteiger partial charge on any atom is 0.0395 e. The van der Waals surface area contributed by atoms with E-state index in [2.05, 4.69) is 31.4 Å². The summed E-state index contributed by atoms with van der Waals surface area (Å²) < 4.78 is 0. The number of hydrogen-bond donors (Lipinski definition) is 2. The van der Waals surface area contributed by atoms with Crippen LogP contribution < -0.4 is 10.6 Å². The first-order chi connectivity index (χ1) is 6.24. The van der Waals surface area contributed by atoms with Gasteiger partial charge in [-0.2, -0.15) is 0 Å². The van der Waals surface area contributed by atoms with Crippen molar-refractivity contribution in [1.82, 2.24) is 10.6 Å². The predicted octanol–water partition coefficient (Wildman–Crippen LogP) is 2.03. The molecular weight excluding hydrogens is 160 g/mol. The molecule has 0 spiro atoms. The van der Waals surface area contributed by atoms with Gasteiger partial charge in [0.2, 0.25) is 0 Å². The minimum absolute atomic E-state index is 0.663. The monoisotopic (exact) mass is 182 g/mol. The fourth-order valence-corrected chi connectivity index (χ4v) is 1.74. The van der Waals surface area contributed by atoms with Crippen molar-refractivity contribution < 1.29 is 0 Å². The Labute approximate surface area is 81.8 Å². The normalized spacial score (nSPS) is 21.6. The maximum atomic E-state index is 3.63. The second-order valence-electron chi connectivity index (χ2n) is 4.06. The van der Waals surface area contributed by atoms with E-state index in [4.69, 9.17) is 0 Å². The Balaban J connectivity index is 2.42. The lowest BCUT2D eigenvalue weighted by atomic mass is 10.1. The van der Waals surface area contributed by atoms with Crippen LogP contribution in [-0.2, 0) is 0 Å². The SMILES string of the molecule is CCCC(NC1CCNC1)=C(C)C. The van der Waals surface area contributed by atoms with Crippen LogP contribution in [0, 0.1) is 0 Å². The summed E-state index contributed by atoms with van der Waals surface area (Å²) in [6.45, 7) is 8.92. The van der Waals surface area contributed by atoms with Crippen LogP contribution in [0.5, 0.6) is 0 Å². The molecule has 1 rings (SSSR count). The molecule has 1 aliphatic heterocycles. The highest BCUT2D eigenvalue weighted by atomic mass is 15.0. The summed E-state index contributed by atoms with van der Waals surface area (Å²) in [5.41, 5.74) is 2.89. The van der Waals surface area contributed by atoms with E-state index in [0.717, 1.165) is 6.54 Å². The molecule has 76 valence electrons. The quantitative estimate of drug-likeness (QED) is 0.695. The topological polar surface area (TPSA) is 24.1 Å². The molecule has 0 aromatic rings. The van der Waals surface area contributed by atoms with Crippen molar-refractivity contribution in [3.63, 3.8) is 0 Å². The number of rotatable bonds is 4. The summed E-state index contributed by atoms with van der Waals surface area (Å²) >= 11 is 0. The lowest BCUT2D eigenvalue weighted by molar-refractivity contribution is 0.586. The van der Waals surface area contributed by atoms with Gasteiger partial charge in [0.15, 0.2) is 0 Å². The molecule has 13 heavy (non-hydrogen) atoms. The summed E-state index contributed by atoms with van der Waals surface area (Å²) in [7, 11) is 0. The van der Waals surface area contributed by atoms with Crippen molar-refractivity contribution in [3.05, 3.63) is 11.3 Å². The fraction of sp³-hybridized carbons (Fsp3) is 0.818. The molecule has 1 heterocycles. The second-order valence-corrected chi connectivity index (χ2v) is 4.06. The Bertz CT molecular complexity index is 175. The standard InChI is InChI=1S/C11H22N2/c1-4-5-11(9(2)3)13-10-6-7-12-8-10/h10,12-13H,4-8H2,1-3H3. The third kappa shape index (κ3) is 3.39. The maximum absolute atomic E-state index is 3.63. The first-order valence-electron chi connectivity index (χ1n) is 5.37. The van der Waals surface area contributed by atoms with Gasteiger partial charge in [-0.15, -0.1) is 0 Å². The first kappa shape index (κ1) is 10.6. The predicted molar refractivity (Wildman–Crippen MR) is 57.7 cm³/mol. The summed E-state index contributed by atoms with van der Waals surface area (Å²) in [6, 6.07) is 0.663. The number of allylic oxidation sites excluding steroid dienone is 2. The summed E-state index contributed by atoms with van der Waals surface area (Å²) in [5.74, 6) is 0. The van der Waals surface area contributed by atoms with Gasteiger partial charge in [-0.25, -0.2) is 0 Å². The van der Waals surface area contributed by atoms with Crippen molar-refractivity contribution >= 4 is 0 Å². The van der Waals surface area contributed by atoms with E-state index in [1.165, 1.54) is 37.1 Å². The molecule has 0 aromatic heterocycles. The van der Waals surface area contributed by atoms with Crippen LogP contribution in [-0.4, -0.2) is 19.1 Å². The van der Waals surface area contributed by atoms with Gasteiger partial charge in [0.25, 0.3) is 0 Å². The summed E-state index contributed by atoms with van der Waals surface area (Å²) in [4.78, 5) is 0. The fourth-order valence-electron chi connectivity index (χ4n) is 1.74. The van der Waals surface area contributed by atoms with Crippen molar-refractivity contribution in [2.75, 3.05) is 13.1 Å². The van der Waals surface area contributed by atoms with E-state index in [1.54, 1.807) is 0 Å².